The number of fused-ring (bicyclic) bond motifs is 2. The Balaban J connectivity index is 0.824. The minimum atomic E-state index is -1.07. The minimum absolute atomic E-state index is 0.0291. The maximum Gasteiger partial charge on any atom is 0.266 e. The number of nitrogens with one attached hydrogen (secondary N) is 2. The van der Waals surface area contributed by atoms with E-state index in [1.165, 1.54) is 19.1 Å². The number of nitrogens with zero attached hydrogens (tertiary/aromatic N) is 2. The fourth-order valence-electron chi connectivity index (χ4n) is 7.30. The highest BCUT2D eigenvalue weighted by Crippen LogP contribution is 2.38. The van der Waals surface area contributed by atoms with Crippen LogP contribution in [0, 0.1) is 11.3 Å². The van der Waals surface area contributed by atoms with E-state index in [2.05, 4.69) is 16.7 Å². The van der Waals surface area contributed by atoms with E-state index in [1.54, 1.807) is 60.7 Å². The molecule has 5 amide bonds. The van der Waals surface area contributed by atoms with Crippen LogP contribution in [0.3, 0.4) is 0 Å². The standard InChI is InChI=1S/C47H43ClN4O13/c1-3-62-40-25-42-35(23-34(40)29-19-28(26-49)20-30(21-29)50-27(2)53)38(54)24-41(65-42)32-8-7-31(22-36(32)48)63-17-15-60-13-11-59-12-14-61-16-18-64-39-6-4-5-33-44(39)47(58)52(46(33)57)37-9-10-43(55)51-45(37)56/h4-8,19-25,37H,3,9-18H2,1-2H3,(H,50,53)(H,51,55,56). The zero-order valence-electron chi connectivity index (χ0n) is 35.4. The van der Waals surface area contributed by atoms with E-state index in [-0.39, 0.29) is 90.8 Å². The molecule has 0 aliphatic carbocycles. The van der Waals surface area contributed by atoms with Gasteiger partial charge in [-0.2, -0.15) is 5.26 Å². The maximum absolute atomic E-state index is 13.5. The van der Waals surface area contributed by atoms with Crippen LogP contribution < -0.4 is 30.3 Å². The third-order valence-corrected chi connectivity index (χ3v) is 10.5. The van der Waals surface area contributed by atoms with Gasteiger partial charge >= 0.3 is 0 Å². The number of rotatable bonds is 20. The van der Waals surface area contributed by atoms with Gasteiger partial charge in [-0.05, 0) is 73.5 Å². The van der Waals surface area contributed by atoms with Crippen LogP contribution in [0.25, 0.3) is 33.4 Å². The van der Waals surface area contributed by atoms with Gasteiger partial charge in [0.15, 0.2) is 5.43 Å². The molecule has 7 rings (SSSR count). The Morgan fingerprint density at radius 1 is 0.815 bits per heavy atom. The lowest BCUT2D eigenvalue weighted by Crippen LogP contribution is -2.54. The van der Waals surface area contributed by atoms with Gasteiger partial charge in [-0.25, -0.2) is 0 Å². The summed E-state index contributed by atoms with van der Waals surface area (Å²) in [6, 6.07) is 20.2. The van der Waals surface area contributed by atoms with Crippen molar-refractivity contribution in [3.63, 3.8) is 0 Å². The molecule has 17 nitrogen and oxygen atoms in total. The van der Waals surface area contributed by atoms with Crippen molar-refractivity contribution in [3.05, 3.63) is 105 Å². The monoisotopic (exact) mass is 906 g/mol. The topological polar surface area (TPSA) is 222 Å². The number of benzene rings is 4. The number of carbonyl (C=O) groups excluding carboxylic acids is 5. The molecule has 0 bridgehead atoms. The summed E-state index contributed by atoms with van der Waals surface area (Å²) in [5.41, 5.74) is 2.48. The van der Waals surface area contributed by atoms with Crippen molar-refractivity contribution in [3.8, 4) is 45.8 Å². The lowest BCUT2D eigenvalue weighted by Gasteiger charge is -2.27. The van der Waals surface area contributed by atoms with Crippen LogP contribution in [0.1, 0.15) is 53.0 Å². The number of hydrogen-bond donors (Lipinski definition) is 2. The molecule has 3 heterocycles. The highest BCUT2D eigenvalue weighted by molar-refractivity contribution is 6.33. The highest BCUT2D eigenvalue weighted by Gasteiger charge is 2.46. The smallest absolute Gasteiger partial charge is 0.266 e. The summed E-state index contributed by atoms with van der Waals surface area (Å²) in [5, 5.41) is 15.1. The van der Waals surface area contributed by atoms with Crippen molar-refractivity contribution in [2.24, 2.45) is 0 Å². The molecule has 1 saturated heterocycles. The first-order valence-electron chi connectivity index (χ1n) is 20.7. The summed E-state index contributed by atoms with van der Waals surface area (Å²) in [6.45, 7) is 5.49. The van der Waals surface area contributed by atoms with Crippen LogP contribution in [0.2, 0.25) is 5.02 Å². The molecular weight excluding hydrogens is 864 g/mol. The van der Waals surface area contributed by atoms with Crippen LogP contribution in [0.4, 0.5) is 5.69 Å². The fourth-order valence-corrected chi connectivity index (χ4v) is 7.56. The van der Waals surface area contributed by atoms with E-state index < -0.39 is 29.7 Å². The number of hydrogen-bond acceptors (Lipinski definition) is 14. The number of ether oxygens (including phenoxy) is 6. The van der Waals surface area contributed by atoms with Gasteiger partial charge in [-0.15, -0.1) is 0 Å². The van der Waals surface area contributed by atoms with Crippen LogP contribution >= 0.6 is 11.6 Å². The van der Waals surface area contributed by atoms with Crippen molar-refractivity contribution in [2.75, 3.05) is 64.8 Å². The van der Waals surface area contributed by atoms with Crippen molar-refractivity contribution in [2.45, 2.75) is 32.7 Å². The van der Waals surface area contributed by atoms with Crippen LogP contribution in [0.5, 0.6) is 17.2 Å². The summed E-state index contributed by atoms with van der Waals surface area (Å²) in [5.74, 6) is -1.35. The van der Waals surface area contributed by atoms with E-state index in [1.807, 2.05) is 6.92 Å². The first-order valence-corrected chi connectivity index (χ1v) is 21.0. The summed E-state index contributed by atoms with van der Waals surface area (Å²) in [7, 11) is 0. The summed E-state index contributed by atoms with van der Waals surface area (Å²) < 4.78 is 40.4. The molecule has 1 atom stereocenters. The SMILES string of the molecule is CCOc1cc2oc(-c3ccc(OCCOCCOCCOCCOc4cccc5c4C(=O)N(C4CCC(=O)NC4=O)C5=O)cc3Cl)cc(=O)c2cc1-c1cc(C#N)cc(NC(C)=O)c1. The molecule has 1 unspecified atom stereocenters. The Bertz CT molecular complexity index is 2770. The molecule has 5 aromatic rings. The van der Waals surface area contributed by atoms with Gasteiger partial charge in [0.25, 0.3) is 11.8 Å². The average molecular weight is 907 g/mol. The van der Waals surface area contributed by atoms with E-state index in [4.69, 9.17) is 44.4 Å². The van der Waals surface area contributed by atoms with Gasteiger partial charge in [0.05, 0.1) is 79.4 Å². The first-order chi connectivity index (χ1) is 31.4. The van der Waals surface area contributed by atoms with Crippen molar-refractivity contribution < 1.29 is 56.8 Å². The van der Waals surface area contributed by atoms with Gasteiger partial charge in [0.2, 0.25) is 17.7 Å². The van der Waals surface area contributed by atoms with Gasteiger partial charge in [0.1, 0.15) is 47.8 Å². The van der Waals surface area contributed by atoms with E-state index in [9.17, 15) is 34.0 Å². The molecule has 65 heavy (non-hydrogen) atoms. The molecule has 18 heteroatoms. The molecule has 1 aromatic heterocycles. The molecule has 2 aliphatic rings. The Hall–Kier alpha value is -7.10. The molecule has 0 spiro atoms. The Labute approximate surface area is 377 Å². The van der Waals surface area contributed by atoms with E-state index in [0.29, 0.717) is 70.9 Å². The molecule has 2 N–H and O–H groups in total. The second-order valence-corrected chi connectivity index (χ2v) is 15.1. The predicted molar refractivity (Wildman–Crippen MR) is 235 cm³/mol. The van der Waals surface area contributed by atoms with Crippen LogP contribution in [-0.4, -0.2) is 99.9 Å². The summed E-state index contributed by atoms with van der Waals surface area (Å²) in [4.78, 5) is 76.2. The molecule has 4 aromatic carbocycles. The number of amides is 5. The summed E-state index contributed by atoms with van der Waals surface area (Å²) in [6.07, 6.45) is 0.0898. The van der Waals surface area contributed by atoms with Crippen molar-refractivity contribution in [1.29, 1.82) is 5.26 Å². The normalized spacial score (nSPS) is 14.6. The van der Waals surface area contributed by atoms with Crippen LogP contribution in [-0.2, 0) is 28.6 Å². The van der Waals surface area contributed by atoms with Crippen molar-refractivity contribution >= 4 is 57.8 Å². The third-order valence-electron chi connectivity index (χ3n) is 10.2. The second-order valence-electron chi connectivity index (χ2n) is 14.6. The Morgan fingerprint density at radius 2 is 1.54 bits per heavy atom. The number of imide groups is 2. The fraction of sp³-hybridized carbons (Fsp3) is 0.298. The van der Waals surface area contributed by atoms with Gasteiger partial charge in [0, 0.05) is 42.3 Å². The lowest BCUT2D eigenvalue weighted by atomic mass is 9.99. The number of nitriles is 1. The lowest BCUT2D eigenvalue weighted by molar-refractivity contribution is -0.136. The molecule has 336 valence electrons. The predicted octanol–water partition coefficient (Wildman–Crippen LogP) is 5.92. The second kappa shape index (κ2) is 21.1. The molecular formula is C47H43ClN4O13. The minimum Gasteiger partial charge on any atom is -0.493 e. The van der Waals surface area contributed by atoms with E-state index >= 15 is 0 Å². The molecule has 2 aliphatic heterocycles. The number of piperidine rings is 1. The van der Waals surface area contributed by atoms with Crippen LogP contribution in [0.15, 0.2) is 82.0 Å². The molecule has 0 saturated carbocycles. The molecule has 1 fully saturated rings. The number of anilines is 1. The number of halogens is 1. The first kappa shape index (κ1) is 45.9. The number of carbonyl (C=O) groups is 5. The van der Waals surface area contributed by atoms with E-state index in [0.717, 1.165) is 4.90 Å². The third kappa shape index (κ3) is 10.8. The molecule has 0 radical (unpaired) electrons. The maximum atomic E-state index is 13.5. The zero-order chi connectivity index (χ0) is 46.0. The van der Waals surface area contributed by atoms with Crippen molar-refractivity contribution in [1.82, 2.24) is 10.2 Å². The quantitative estimate of drug-likeness (QED) is 0.0684. The zero-order valence-corrected chi connectivity index (χ0v) is 36.1. The van der Waals surface area contributed by atoms with Gasteiger partial charge in [-0.3, -0.25) is 39.0 Å². The Morgan fingerprint density at radius 3 is 2.22 bits per heavy atom. The largest absolute Gasteiger partial charge is 0.493 e. The summed E-state index contributed by atoms with van der Waals surface area (Å²) >= 11 is 6.65. The van der Waals surface area contributed by atoms with Gasteiger partial charge < -0.3 is 38.2 Å². The highest BCUT2D eigenvalue weighted by atomic mass is 35.5. The average Bonchev–Trinajstić information content (AvgIpc) is 3.53. The Kier molecular flexibility index (Phi) is 14.9. The van der Waals surface area contributed by atoms with Gasteiger partial charge in [-0.1, -0.05) is 17.7 Å².